The Hall–Kier alpha value is -1.10. The van der Waals surface area contributed by atoms with E-state index in [2.05, 4.69) is 10.6 Å². The van der Waals surface area contributed by atoms with Crippen molar-refractivity contribution in [1.82, 2.24) is 10.6 Å². The lowest BCUT2D eigenvalue weighted by molar-refractivity contribution is -0.133. The van der Waals surface area contributed by atoms with Crippen LogP contribution in [0.3, 0.4) is 0 Å². The lowest BCUT2D eigenvalue weighted by Gasteiger charge is -2.29. The van der Waals surface area contributed by atoms with E-state index in [0.717, 1.165) is 12.8 Å². The van der Waals surface area contributed by atoms with Crippen molar-refractivity contribution >= 4 is 11.8 Å². The molecule has 0 saturated heterocycles. The van der Waals surface area contributed by atoms with Crippen molar-refractivity contribution in [1.29, 1.82) is 0 Å². The lowest BCUT2D eigenvalue weighted by Crippen LogP contribution is -2.52. The maximum absolute atomic E-state index is 11.7. The molecule has 1 rings (SSSR count). The van der Waals surface area contributed by atoms with Gasteiger partial charge in [-0.2, -0.15) is 0 Å². The quantitative estimate of drug-likeness (QED) is 0.812. The van der Waals surface area contributed by atoms with Crippen molar-refractivity contribution in [3.63, 3.8) is 0 Å². The van der Waals surface area contributed by atoms with E-state index in [0.29, 0.717) is 0 Å². The molecule has 5 nitrogen and oxygen atoms in total. The summed E-state index contributed by atoms with van der Waals surface area (Å²) >= 11 is 0. The molecule has 5 heteroatoms. The number of likely N-dealkylation sites (N-methyl/N-ethyl adjacent to an activating group) is 1. The second kappa shape index (κ2) is 10.7. The Kier molecular flexibility index (Phi) is 10.1. The Morgan fingerprint density at radius 3 is 2.15 bits per heavy atom. The molecule has 118 valence electrons. The standard InChI is InChI=1S/C13H24N2O3.C2H6/c1-9(18-11-7-5-4-6-8-11)12(13(17)14-3)15-10(2)16;1-2/h9,11-12H,4-8H2,1-3H3,(H,14,17)(H,15,16);1-2H3. The Balaban J connectivity index is 0.00000172. The van der Waals surface area contributed by atoms with Crippen LogP contribution in [0, 0.1) is 0 Å². The average Bonchev–Trinajstić information content (AvgIpc) is 2.47. The third kappa shape index (κ3) is 6.89. The maximum Gasteiger partial charge on any atom is 0.245 e. The summed E-state index contributed by atoms with van der Waals surface area (Å²) in [6, 6.07) is -0.616. The molecule has 0 aromatic heterocycles. The first-order valence-electron chi connectivity index (χ1n) is 7.68. The Bertz CT molecular complexity index is 289. The normalized spacial score (nSPS) is 18.2. The van der Waals surface area contributed by atoms with Crippen LogP contribution < -0.4 is 10.6 Å². The average molecular weight is 286 g/mol. The molecule has 0 aromatic carbocycles. The van der Waals surface area contributed by atoms with E-state index < -0.39 is 6.04 Å². The fourth-order valence-electron chi connectivity index (χ4n) is 2.35. The monoisotopic (exact) mass is 286 g/mol. The molecule has 0 aliphatic heterocycles. The third-order valence-corrected chi connectivity index (χ3v) is 3.32. The summed E-state index contributed by atoms with van der Waals surface area (Å²) in [7, 11) is 1.56. The Morgan fingerprint density at radius 2 is 1.70 bits per heavy atom. The zero-order valence-corrected chi connectivity index (χ0v) is 13.5. The summed E-state index contributed by atoms with van der Waals surface area (Å²) in [5.41, 5.74) is 0. The van der Waals surface area contributed by atoms with E-state index in [1.165, 1.54) is 26.2 Å². The summed E-state index contributed by atoms with van der Waals surface area (Å²) in [4.78, 5) is 22.8. The van der Waals surface area contributed by atoms with Gasteiger partial charge in [-0.15, -0.1) is 0 Å². The highest BCUT2D eigenvalue weighted by Crippen LogP contribution is 2.22. The first-order chi connectivity index (χ1) is 9.54. The summed E-state index contributed by atoms with van der Waals surface area (Å²) in [6.45, 7) is 7.24. The smallest absolute Gasteiger partial charge is 0.245 e. The Labute approximate surface area is 122 Å². The van der Waals surface area contributed by atoms with Gasteiger partial charge in [0.1, 0.15) is 6.04 Å². The van der Waals surface area contributed by atoms with E-state index in [1.54, 1.807) is 7.05 Å². The fourth-order valence-corrected chi connectivity index (χ4v) is 2.35. The Morgan fingerprint density at radius 1 is 1.15 bits per heavy atom. The highest BCUT2D eigenvalue weighted by Gasteiger charge is 2.28. The van der Waals surface area contributed by atoms with Gasteiger partial charge in [0.25, 0.3) is 0 Å². The third-order valence-electron chi connectivity index (χ3n) is 3.32. The molecule has 0 spiro atoms. The van der Waals surface area contributed by atoms with Crippen LogP contribution in [0.15, 0.2) is 0 Å². The predicted octanol–water partition coefficient (Wildman–Crippen LogP) is 2.00. The fraction of sp³-hybridized carbons (Fsp3) is 0.867. The zero-order valence-electron chi connectivity index (χ0n) is 13.5. The van der Waals surface area contributed by atoms with E-state index in [4.69, 9.17) is 4.74 Å². The van der Waals surface area contributed by atoms with Crippen molar-refractivity contribution in [2.75, 3.05) is 7.05 Å². The van der Waals surface area contributed by atoms with Gasteiger partial charge in [-0.3, -0.25) is 9.59 Å². The number of hydrogen-bond acceptors (Lipinski definition) is 3. The molecule has 0 aromatic rings. The van der Waals surface area contributed by atoms with Crippen molar-refractivity contribution in [2.45, 2.75) is 78.0 Å². The first kappa shape index (κ1) is 18.9. The lowest BCUT2D eigenvalue weighted by atomic mass is 9.97. The van der Waals surface area contributed by atoms with Gasteiger partial charge < -0.3 is 15.4 Å². The molecule has 2 amide bonds. The number of amides is 2. The van der Waals surface area contributed by atoms with Crippen molar-refractivity contribution in [3.8, 4) is 0 Å². The first-order valence-corrected chi connectivity index (χ1v) is 7.68. The largest absolute Gasteiger partial charge is 0.373 e. The van der Waals surface area contributed by atoms with Crippen LogP contribution in [0.1, 0.15) is 59.8 Å². The molecule has 0 radical (unpaired) electrons. The number of ether oxygens (including phenoxy) is 1. The minimum atomic E-state index is -0.616. The van der Waals surface area contributed by atoms with Gasteiger partial charge in [-0.1, -0.05) is 33.1 Å². The summed E-state index contributed by atoms with van der Waals surface area (Å²) in [6.07, 6.45) is 5.63. The highest BCUT2D eigenvalue weighted by atomic mass is 16.5. The topological polar surface area (TPSA) is 67.4 Å². The van der Waals surface area contributed by atoms with Gasteiger partial charge in [0.05, 0.1) is 12.2 Å². The molecule has 1 aliphatic rings. The number of nitrogens with one attached hydrogen (secondary N) is 2. The van der Waals surface area contributed by atoms with Gasteiger partial charge in [0.2, 0.25) is 11.8 Å². The highest BCUT2D eigenvalue weighted by molar-refractivity contribution is 5.87. The van der Waals surface area contributed by atoms with E-state index in [-0.39, 0.29) is 24.0 Å². The molecule has 2 atom stereocenters. The molecule has 2 N–H and O–H groups in total. The maximum atomic E-state index is 11.7. The summed E-state index contributed by atoms with van der Waals surface area (Å²) in [5, 5.41) is 5.20. The van der Waals surface area contributed by atoms with Gasteiger partial charge in [0, 0.05) is 14.0 Å². The molecule has 2 unspecified atom stereocenters. The van der Waals surface area contributed by atoms with E-state index in [1.807, 2.05) is 20.8 Å². The van der Waals surface area contributed by atoms with Crippen LogP contribution in [-0.4, -0.2) is 37.1 Å². The summed E-state index contributed by atoms with van der Waals surface area (Å²) in [5.74, 6) is -0.434. The zero-order chi connectivity index (χ0) is 15.5. The second-order valence-corrected chi connectivity index (χ2v) is 4.89. The molecule has 0 heterocycles. The SMILES string of the molecule is CC.CNC(=O)C(NC(C)=O)C(C)OC1CCCCC1. The van der Waals surface area contributed by atoms with Crippen LogP contribution in [0.2, 0.25) is 0 Å². The predicted molar refractivity (Wildman–Crippen MR) is 80.4 cm³/mol. The minimum absolute atomic E-state index is 0.214. The van der Waals surface area contributed by atoms with Crippen LogP contribution >= 0.6 is 0 Å². The van der Waals surface area contributed by atoms with Crippen LogP contribution in [0.5, 0.6) is 0 Å². The van der Waals surface area contributed by atoms with Crippen LogP contribution in [-0.2, 0) is 14.3 Å². The second-order valence-electron chi connectivity index (χ2n) is 4.89. The van der Waals surface area contributed by atoms with Gasteiger partial charge in [-0.25, -0.2) is 0 Å². The number of rotatable bonds is 5. The molecule has 1 fully saturated rings. The van der Waals surface area contributed by atoms with Crippen molar-refractivity contribution < 1.29 is 14.3 Å². The number of hydrogen-bond donors (Lipinski definition) is 2. The summed E-state index contributed by atoms with van der Waals surface area (Å²) < 4.78 is 5.90. The molecule has 20 heavy (non-hydrogen) atoms. The molecule has 0 bridgehead atoms. The number of carbonyl (C=O) groups excluding carboxylic acids is 2. The minimum Gasteiger partial charge on any atom is -0.373 e. The molecule has 1 saturated carbocycles. The van der Waals surface area contributed by atoms with Gasteiger partial charge in [0.15, 0.2) is 0 Å². The number of carbonyl (C=O) groups is 2. The van der Waals surface area contributed by atoms with E-state index in [9.17, 15) is 9.59 Å². The van der Waals surface area contributed by atoms with Crippen molar-refractivity contribution in [3.05, 3.63) is 0 Å². The van der Waals surface area contributed by atoms with Crippen LogP contribution in [0.25, 0.3) is 0 Å². The molecular weight excluding hydrogens is 256 g/mol. The van der Waals surface area contributed by atoms with Gasteiger partial charge in [-0.05, 0) is 19.8 Å². The molecular formula is C15H30N2O3. The van der Waals surface area contributed by atoms with Crippen molar-refractivity contribution in [2.24, 2.45) is 0 Å². The van der Waals surface area contributed by atoms with Crippen LogP contribution in [0.4, 0.5) is 0 Å². The van der Waals surface area contributed by atoms with Gasteiger partial charge >= 0.3 is 0 Å². The van der Waals surface area contributed by atoms with E-state index >= 15 is 0 Å². The molecule has 1 aliphatic carbocycles.